The fourth-order valence-corrected chi connectivity index (χ4v) is 3.46. The normalized spacial score (nSPS) is 9.23. The Bertz CT molecular complexity index is 903. The van der Waals surface area contributed by atoms with Crippen LogP contribution in [-0.4, -0.2) is 9.52 Å². The Morgan fingerprint density at radius 3 is 1.10 bits per heavy atom. The van der Waals surface area contributed by atoms with Gasteiger partial charge in [0.1, 0.15) is 0 Å². The Balaban J connectivity index is 0.000000488. The molecule has 3 heteroatoms. The van der Waals surface area contributed by atoms with Gasteiger partial charge in [-0.05, 0) is 0 Å². The molecule has 162 valence electrons. The van der Waals surface area contributed by atoms with Crippen LogP contribution in [0.1, 0.15) is 22.3 Å². The average molecular weight is 479 g/mol. The minimum atomic E-state index is 0. The summed E-state index contributed by atoms with van der Waals surface area (Å²) in [6, 6.07) is 30.0. The summed E-state index contributed by atoms with van der Waals surface area (Å²) in [6.07, 6.45) is 0. The van der Waals surface area contributed by atoms with Crippen molar-refractivity contribution in [2.24, 2.45) is 0 Å². The van der Waals surface area contributed by atoms with Crippen molar-refractivity contribution in [3.8, 4) is 22.3 Å². The molecule has 0 heterocycles. The zero-order valence-corrected chi connectivity index (χ0v) is 23.4. The van der Waals surface area contributed by atoms with Crippen LogP contribution in [0.15, 0.2) is 84.9 Å². The molecule has 31 heavy (non-hydrogen) atoms. The predicted octanol–water partition coefficient (Wildman–Crippen LogP) is 8.32. The number of hydrogen-bond donors (Lipinski definition) is 0. The topological polar surface area (TPSA) is 0 Å². The van der Waals surface area contributed by atoms with Gasteiger partial charge in [0.25, 0.3) is 0 Å². The molecule has 0 saturated heterocycles. The van der Waals surface area contributed by atoms with E-state index in [4.69, 9.17) is 0 Å². The Morgan fingerprint density at radius 1 is 0.581 bits per heavy atom. The number of halogens is 1. The van der Waals surface area contributed by atoms with E-state index < -0.39 is 0 Å². The van der Waals surface area contributed by atoms with Gasteiger partial charge < -0.3 is 0 Å². The molecule has 0 N–H and O–H groups in total. The fourth-order valence-electron chi connectivity index (χ4n) is 3.46. The molecule has 0 aliphatic rings. The van der Waals surface area contributed by atoms with Gasteiger partial charge in [0, 0.05) is 35.4 Å². The van der Waals surface area contributed by atoms with E-state index in [-0.39, 0.29) is 38.3 Å². The van der Waals surface area contributed by atoms with Crippen LogP contribution < -0.4 is 0 Å². The van der Waals surface area contributed by atoms with Crippen molar-refractivity contribution in [1.29, 1.82) is 0 Å². The maximum atomic E-state index is 2.24. The maximum Gasteiger partial charge on any atom is 0.0213 e. The zero-order chi connectivity index (χ0) is 21.2. The third-order valence-electron chi connectivity index (χ3n) is 4.65. The quantitative estimate of drug-likeness (QED) is 0.201. The molecule has 0 spiro atoms. The van der Waals surface area contributed by atoms with E-state index in [9.17, 15) is 0 Å². The maximum absolute atomic E-state index is 2.24. The third kappa shape index (κ3) is 9.27. The van der Waals surface area contributed by atoms with Gasteiger partial charge in [0.15, 0.2) is 0 Å². The molecule has 4 aromatic carbocycles. The Kier molecular flexibility index (Phi) is 14.6. The summed E-state index contributed by atoms with van der Waals surface area (Å²) in [5.41, 5.74) is 10.8. The van der Waals surface area contributed by atoms with Gasteiger partial charge in [-0.3, -0.25) is 0 Å². The van der Waals surface area contributed by atoms with Crippen molar-refractivity contribution in [1.82, 2.24) is 0 Å². The monoisotopic (exact) mass is 478 g/mol. The standard InChI is InChI=1S/2C13H13.C2H7Si.ClH.Sc/c2*1-10-8-11(2)13(9-10)12-6-4-3-5-7-12;1-3-2;;/h2*3-9H,1-2H3;3H,1-2H3;1H;/q2*-1;;;. The molecule has 0 nitrogen and oxygen atoms in total. The molecular weight excluding hydrogens is 445 g/mol. The van der Waals surface area contributed by atoms with Gasteiger partial charge in [0.2, 0.25) is 0 Å². The second kappa shape index (κ2) is 15.3. The van der Waals surface area contributed by atoms with Crippen LogP contribution in [0.25, 0.3) is 22.3 Å². The molecule has 0 bridgehead atoms. The van der Waals surface area contributed by atoms with Crippen molar-refractivity contribution in [3.05, 3.63) is 107 Å². The Morgan fingerprint density at radius 2 is 0.871 bits per heavy atom. The van der Waals surface area contributed by atoms with Crippen molar-refractivity contribution in [2.75, 3.05) is 0 Å². The van der Waals surface area contributed by atoms with Gasteiger partial charge in [0.05, 0.1) is 0 Å². The van der Waals surface area contributed by atoms with Gasteiger partial charge in [-0.15, -0.1) is 46.8 Å². The van der Waals surface area contributed by atoms with E-state index in [1.54, 1.807) is 0 Å². The van der Waals surface area contributed by atoms with E-state index in [0.29, 0.717) is 0 Å². The van der Waals surface area contributed by atoms with E-state index in [1.807, 2.05) is 0 Å². The summed E-state index contributed by atoms with van der Waals surface area (Å²) in [7, 11) is 0.750. The summed E-state index contributed by atoms with van der Waals surface area (Å²) in [5, 5.41) is 0. The average Bonchev–Trinajstić information content (AvgIpc) is 3.24. The molecular formula is C28H34ClScSi-2. The zero-order valence-electron chi connectivity index (χ0n) is 19.6. The van der Waals surface area contributed by atoms with E-state index in [1.165, 1.54) is 44.5 Å². The molecule has 0 aliphatic carbocycles. The van der Waals surface area contributed by atoms with Crippen LogP contribution in [0.4, 0.5) is 0 Å². The summed E-state index contributed by atoms with van der Waals surface area (Å²) in [5.74, 6) is 0. The number of benzene rings is 2. The molecule has 0 saturated carbocycles. The molecule has 4 rings (SSSR count). The van der Waals surface area contributed by atoms with Crippen LogP contribution >= 0.6 is 12.4 Å². The Hall–Kier alpha value is -1.48. The second-order valence-corrected chi connectivity index (χ2v) is 8.72. The van der Waals surface area contributed by atoms with Gasteiger partial charge in [-0.1, -0.05) is 113 Å². The second-order valence-electron chi connectivity index (χ2n) is 7.57. The molecule has 0 aromatic heterocycles. The van der Waals surface area contributed by atoms with Gasteiger partial charge in [-0.2, -0.15) is 23.3 Å². The van der Waals surface area contributed by atoms with Crippen LogP contribution in [0.2, 0.25) is 13.1 Å². The minimum Gasteiger partial charge on any atom is -0.169 e. The van der Waals surface area contributed by atoms with Crippen LogP contribution in [0.5, 0.6) is 0 Å². The minimum absolute atomic E-state index is 0. The molecule has 0 fully saturated rings. The van der Waals surface area contributed by atoms with Crippen molar-refractivity contribution in [3.63, 3.8) is 0 Å². The van der Waals surface area contributed by atoms with Gasteiger partial charge in [-0.25, -0.2) is 0 Å². The van der Waals surface area contributed by atoms with Crippen molar-refractivity contribution < 1.29 is 25.8 Å². The number of rotatable bonds is 2. The first-order valence-corrected chi connectivity index (χ1v) is 12.6. The Labute approximate surface area is 216 Å². The molecule has 4 aromatic rings. The fraction of sp³-hybridized carbons (Fsp3) is 0.214. The summed E-state index contributed by atoms with van der Waals surface area (Å²) in [6.45, 7) is 13.0. The van der Waals surface area contributed by atoms with Gasteiger partial charge >= 0.3 is 0 Å². The summed E-state index contributed by atoms with van der Waals surface area (Å²) < 4.78 is 0. The molecule has 0 atom stereocenters. The molecule has 0 aliphatic heterocycles. The first-order chi connectivity index (χ1) is 14.0. The van der Waals surface area contributed by atoms with Crippen LogP contribution in [0, 0.1) is 27.7 Å². The van der Waals surface area contributed by atoms with Crippen molar-refractivity contribution in [2.45, 2.75) is 40.8 Å². The van der Waals surface area contributed by atoms with Crippen LogP contribution in [-0.2, 0) is 25.8 Å². The van der Waals surface area contributed by atoms with Crippen LogP contribution in [0.3, 0.4) is 0 Å². The van der Waals surface area contributed by atoms with E-state index in [0.717, 1.165) is 9.52 Å². The number of aryl methyl sites for hydroxylation is 4. The predicted molar refractivity (Wildman–Crippen MR) is 140 cm³/mol. The first-order valence-electron chi connectivity index (χ1n) is 10.3. The molecule has 2 radical (unpaired) electrons. The number of hydrogen-bond acceptors (Lipinski definition) is 0. The SMILES string of the molecule is C[SiH]C.Cc1cc(C)c(-c2ccccc2)[cH-]1.Cc1cc(C)c(-c2ccccc2)[cH-]1.Cl.[Sc]. The van der Waals surface area contributed by atoms with Crippen molar-refractivity contribution >= 4 is 21.9 Å². The van der Waals surface area contributed by atoms with E-state index in [2.05, 4.69) is 126 Å². The molecule has 0 amide bonds. The largest absolute Gasteiger partial charge is 0.169 e. The van der Waals surface area contributed by atoms with E-state index >= 15 is 0 Å². The molecule has 0 unspecified atom stereocenters. The summed E-state index contributed by atoms with van der Waals surface area (Å²) >= 11 is 0. The first kappa shape index (κ1) is 29.5. The smallest absolute Gasteiger partial charge is 0.0213 e. The third-order valence-corrected chi connectivity index (χ3v) is 4.65. The summed E-state index contributed by atoms with van der Waals surface area (Å²) in [4.78, 5) is 0.